The van der Waals surface area contributed by atoms with Gasteiger partial charge in [0.2, 0.25) is 5.91 Å². The van der Waals surface area contributed by atoms with Gasteiger partial charge >= 0.3 is 11.7 Å². The second kappa shape index (κ2) is 8.49. The number of cyclic esters (lactones) is 1. The van der Waals surface area contributed by atoms with Crippen molar-refractivity contribution in [2.75, 3.05) is 32.7 Å². The molecule has 0 aliphatic carbocycles. The largest absolute Gasteiger partial charge is 0.461 e. The van der Waals surface area contributed by atoms with Crippen LogP contribution in [0.2, 0.25) is 0 Å². The van der Waals surface area contributed by atoms with E-state index in [0.717, 1.165) is 31.7 Å². The Morgan fingerprint density at radius 1 is 1.17 bits per heavy atom. The third-order valence-electron chi connectivity index (χ3n) is 6.95. The summed E-state index contributed by atoms with van der Waals surface area (Å²) >= 11 is 0. The molecule has 3 fully saturated rings. The van der Waals surface area contributed by atoms with Crippen molar-refractivity contribution in [1.29, 1.82) is 0 Å². The molecule has 1 aromatic heterocycles. The van der Waals surface area contributed by atoms with E-state index in [1.807, 2.05) is 17.9 Å². The van der Waals surface area contributed by atoms with Gasteiger partial charge in [0, 0.05) is 50.4 Å². The number of rotatable bonds is 5. The first kappa shape index (κ1) is 21.0. The van der Waals surface area contributed by atoms with Gasteiger partial charge in [-0.2, -0.15) is 4.98 Å². The van der Waals surface area contributed by atoms with E-state index in [0.29, 0.717) is 38.2 Å². The second-order valence-electron chi connectivity index (χ2n) is 9.12. The Bertz CT molecular complexity index is 866. The molecule has 3 aliphatic heterocycles. The number of ether oxygens (including phenoxy) is 1. The van der Waals surface area contributed by atoms with E-state index in [4.69, 9.17) is 4.74 Å². The number of piperidine rings is 1. The molecule has 1 atom stereocenters. The van der Waals surface area contributed by atoms with Crippen molar-refractivity contribution in [2.45, 2.75) is 65.0 Å². The Kier molecular flexibility index (Phi) is 5.95. The number of aryl methyl sites for hydroxylation is 2. The number of hydrogen-bond acceptors (Lipinski definition) is 6. The van der Waals surface area contributed by atoms with E-state index < -0.39 is 5.41 Å². The minimum atomic E-state index is -0.421. The van der Waals surface area contributed by atoms with Gasteiger partial charge in [-0.05, 0) is 58.7 Å². The molecule has 1 aromatic rings. The number of hydrogen-bond donors (Lipinski definition) is 0. The van der Waals surface area contributed by atoms with Crippen LogP contribution < -0.4 is 5.69 Å². The molecular weight excluding hydrogens is 384 g/mol. The van der Waals surface area contributed by atoms with Crippen molar-refractivity contribution in [3.8, 4) is 0 Å². The van der Waals surface area contributed by atoms with Crippen LogP contribution in [0.15, 0.2) is 10.9 Å². The van der Waals surface area contributed by atoms with Crippen LogP contribution in [0.25, 0.3) is 0 Å². The number of amides is 1. The SMILES string of the molecule is Cc1cc(C)n(CCC(=O)N2CCC3(CC2)CC(CN2CCCC2)OC3=O)c(=O)n1. The van der Waals surface area contributed by atoms with E-state index in [9.17, 15) is 14.4 Å². The van der Waals surface area contributed by atoms with Crippen LogP contribution in [-0.2, 0) is 20.9 Å². The molecule has 3 aliphatic rings. The van der Waals surface area contributed by atoms with Gasteiger partial charge in [0.1, 0.15) is 6.10 Å². The smallest absolute Gasteiger partial charge is 0.347 e. The second-order valence-corrected chi connectivity index (χ2v) is 9.12. The number of aromatic nitrogens is 2. The summed E-state index contributed by atoms with van der Waals surface area (Å²) in [5.74, 6) is -0.0524. The highest BCUT2D eigenvalue weighted by Crippen LogP contribution is 2.43. The predicted octanol–water partition coefficient (Wildman–Crippen LogP) is 1.27. The summed E-state index contributed by atoms with van der Waals surface area (Å²) in [6.07, 6.45) is 4.81. The molecule has 164 valence electrons. The normalized spacial score (nSPS) is 23.9. The Balaban J connectivity index is 1.29. The molecule has 3 saturated heterocycles. The molecular formula is C22H32N4O4. The Morgan fingerprint density at radius 2 is 1.87 bits per heavy atom. The molecule has 30 heavy (non-hydrogen) atoms. The third-order valence-corrected chi connectivity index (χ3v) is 6.95. The third kappa shape index (κ3) is 4.29. The molecule has 1 unspecified atom stereocenters. The van der Waals surface area contributed by atoms with E-state index in [2.05, 4.69) is 9.88 Å². The van der Waals surface area contributed by atoms with Crippen LogP contribution in [0.1, 0.15) is 49.9 Å². The zero-order chi connectivity index (χ0) is 21.3. The molecule has 0 radical (unpaired) electrons. The summed E-state index contributed by atoms with van der Waals surface area (Å²) in [5, 5.41) is 0. The van der Waals surface area contributed by atoms with Gasteiger partial charge in [-0.1, -0.05) is 0 Å². The van der Waals surface area contributed by atoms with Gasteiger partial charge in [-0.25, -0.2) is 4.79 Å². The average Bonchev–Trinajstić information content (AvgIpc) is 3.30. The van der Waals surface area contributed by atoms with Gasteiger partial charge < -0.3 is 9.64 Å². The van der Waals surface area contributed by atoms with Gasteiger partial charge in [0.15, 0.2) is 0 Å². The minimum absolute atomic E-state index is 0.0123. The zero-order valence-electron chi connectivity index (χ0n) is 18.1. The van der Waals surface area contributed by atoms with Crippen molar-refractivity contribution in [1.82, 2.24) is 19.4 Å². The molecule has 0 bridgehead atoms. The maximum Gasteiger partial charge on any atom is 0.347 e. The van der Waals surface area contributed by atoms with Gasteiger partial charge in [-0.15, -0.1) is 0 Å². The number of nitrogens with zero attached hydrogens (tertiary/aromatic N) is 4. The Hall–Kier alpha value is -2.22. The number of likely N-dealkylation sites (tertiary alicyclic amines) is 2. The maximum atomic E-state index is 12.7. The molecule has 1 spiro atoms. The minimum Gasteiger partial charge on any atom is -0.461 e. The molecule has 8 nitrogen and oxygen atoms in total. The monoisotopic (exact) mass is 416 g/mol. The molecule has 0 saturated carbocycles. The van der Waals surface area contributed by atoms with E-state index in [1.54, 1.807) is 11.5 Å². The van der Waals surface area contributed by atoms with Gasteiger partial charge in [0.25, 0.3) is 0 Å². The fraction of sp³-hybridized carbons (Fsp3) is 0.727. The van der Waals surface area contributed by atoms with Crippen molar-refractivity contribution in [3.05, 3.63) is 27.9 Å². The summed E-state index contributed by atoms with van der Waals surface area (Å²) in [6.45, 7) is 8.17. The summed E-state index contributed by atoms with van der Waals surface area (Å²) in [4.78, 5) is 45.6. The van der Waals surface area contributed by atoms with Gasteiger partial charge in [-0.3, -0.25) is 19.1 Å². The Labute approximate surface area is 177 Å². The standard InChI is InChI=1S/C22H32N4O4/c1-16-13-17(2)26(21(29)23-16)10-5-19(27)25-11-6-22(7-12-25)14-18(30-20(22)28)15-24-8-3-4-9-24/h13,18H,3-12,14-15H2,1-2H3. The van der Waals surface area contributed by atoms with Crippen molar-refractivity contribution in [2.24, 2.45) is 5.41 Å². The molecule has 1 amide bonds. The summed E-state index contributed by atoms with van der Waals surface area (Å²) in [7, 11) is 0. The van der Waals surface area contributed by atoms with Crippen LogP contribution in [0.5, 0.6) is 0 Å². The van der Waals surface area contributed by atoms with Crippen LogP contribution in [-0.4, -0.2) is 70.1 Å². The quantitative estimate of drug-likeness (QED) is 0.672. The highest BCUT2D eigenvalue weighted by Gasteiger charge is 2.51. The first-order valence-electron chi connectivity index (χ1n) is 11.1. The lowest BCUT2D eigenvalue weighted by Crippen LogP contribution is -2.45. The lowest BCUT2D eigenvalue weighted by atomic mass is 9.76. The fourth-order valence-corrected chi connectivity index (χ4v) is 5.20. The van der Waals surface area contributed by atoms with E-state index in [1.165, 1.54) is 12.8 Å². The molecule has 0 aromatic carbocycles. The lowest BCUT2D eigenvalue weighted by molar-refractivity contribution is -0.152. The molecule has 4 rings (SSSR count). The number of carbonyl (C=O) groups is 2. The van der Waals surface area contributed by atoms with Crippen LogP contribution in [0.4, 0.5) is 0 Å². The Morgan fingerprint density at radius 3 is 2.53 bits per heavy atom. The summed E-state index contributed by atoms with van der Waals surface area (Å²) in [6, 6.07) is 1.85. The highest BCUT2D eigenvalue weighted by atomic mass is 16.6. The molecule has 8 heteroatoms. The summed E-state index contributed by atoms with van der Waals surface area (Å²) in [5.41, 5.74) is 0.773. The van der Waals surface area contributed by atoms with Crippen molar-refractivity contribution in [3.63, 3.8) is 0 Å². The maximum absolute atomic E-state index is 12.7. The van der Waals surface area contributed by atoms with Crippen molar-refractivity contribution < 1.29 is 14.3 Å². The van der Waals surface area contributed by atoms with Crippen LogP contribution in [0.3, 0.4) is 0 Å². The van der Waals surface area contributed by atoms with E-state index in [-0.39, 0.29) is 30.1 Å². The molecule has 0 N–H and O–H groups in total. The van der Waals surface area contributed by atoms with Crippen LogP contribution >= 0.6 is 0 Å². The van der Waals surface area contributed by atoms with Crippen LogP contribution in [0, 0.1) is 19.3 Å². The zero-order valence-corrected chi connectivity index (χ0v) is 18.1. The number of carbonyl (C=O) groups excluding carboxylic acids is 2. The first-order valence-corrected chi connectivity index (χ1v) is 11.1. The fourth-order valence-electron chi connectivity index (χ4n) is 5.20. The molecule has 4 heterocycles. The van der Waals surface area contributed by atoms with E-state index >= 15 is 0 Å². The van der Waals surface area contributed by atoms with Gasteiger partial charge in [0.05, 0.1) is 5.41 Å². The summed E-state index contributed by atoms with van der Waals surface area (Å²) < 4.78 is 7.27. The number of esters is 1. The predicted molar refractivity (Wildman–Crippen MR) is 111 cm³/mol. The first-order chi connectivity index (χ1) is 14.4. The lowest BCUT2D eigenvalue weighted by Gasteiger charge is -2.36. The van der Waals surface area contributed by atoms with Crippen molar-refractivity contribution >= 4 is 11.9 Å². The topological polar surface area (TPSA) is 84.7 Å². The average molecular weight is 417 g/mol. The highest BCUT2D eigenvalue weighted by molar-refractivity contribution is 5.80.